The van der Waals surface area contributed by atoms with E-state index in [1.54, 1.807) is 0 Å². The van der Waals surface area contributed by atoms with Crippen molar-refractivity contribution < 1.29 is 4.79 Å². The summed E-state index contributed by atoms with van der Waals surface area (Å²) >= 11 is 0. The number of nitrogens with one attached hydrogen (secondary N) is 1. The van der Waals surface area contributed by atoms with Crippen LogP contribution >= 0.6 is 0 Å². The van der Waals surface area contributed by atoms with Gasteiger partial charge in [-0.1, -0.05) is 54.6 Å². The first-order valence-electron chi connectivity index (χ1n) is 7.85. The largest absolute Gasteiger partial charge is 0.362 e. The number of amides is 1. The number of hydrogen-bond donors (Lipinski definition) is 1. The fourth-order valence-corrected chi connectivity index (χ4v) is 2.72. The Morgan fingerprint density at radius 3 is 2.39 bits per heavy atom. The highest BCUT2D eigenvalue weighted by atomic mass is 16.2. The van der Waals surface area contributed by atoms with Gasteiger partial charge >= 0.3 is 0 Å². The number of hydrogen-bond acceptors (Lipinski definition) is 2. The van der Waals surface area contributed by atoms with Crippen LogP contribution in [0.4, 0.5) is 11.4 Å². The molecule has 3 aromatic rings. The van der Waals surface area contributed by atoms with Crippen molar-refractivity contribution in [3.63, 3.8) is 0 Å². The summed E-state index contributed by atoms with van der Waals surface area (Å²) in [6.07, 6.45) is 0. The summed E-state index contributed by atoms with van der Waals surface area (Å²) in [7, 11) is 0. The lowest BCUT2D eigenvalue weighted by molar-refractivity contribution is -0.115. The Morgan fingerprint density at radius 1 is 0.913 bits per heavy atom. The Labute approximate surface area is 136 Å². The predicted octanol–water partition coefficient (Wildman–Crippen LogP) is 4.30. The zero-order valence-electron chi connectivity index (χ0n) is 13.2. The third-order valence-corrected chi connectivity index (χ3v) is 3.90. The summed E-state index contributed by atoms with van der Waals surface area (Å²) in [4.78, 5) is 14.5. The van der Waals surface area contributed by atoms with Crippen LogP contribution < -0.4 is 10.2 Å². The lowest BCUT2D eigenvalue weighted by Crippen LogP contribution is -2.33. The zero-order valence-corrected chi connectivity index (χ0v) is 13.2. The Morgan fingerprint density at radius 2 is 1.61 bits per heavy atom. The number of rotatable bonds is 5. The van der Waals surface area contributed by atoms with E-state index in [-0.39, 0.29) is 5.91 Å². The standard InChI is InChI=1S/C20H20N2O/c1-2-22(17-11-4-3-5-12-17)15-20(23)21-19-14-8-10-16-9-6-7-13-18(16)19/h3-14H,2,15H2,1H3,(H,21,23). The van der Waals surface area contributed by atoms with E-state index in [1.165, 1.54) is 0 Å². The maximum atomic E-state index is 12.4. The van der Waals surface area contributed by atoms with E-state index >= 15 is 0 Å². The Hall–Kier alpha value is -2.81. The van der Waals surface area contributed by atoms with Gasteiger partial charge in [-0.25, -0.2) is 0 Å². The molecule has 0 heterocycles. The van der Waals surface area contributed by atoms with Crippen LogP contribution in [-0.2, 0) is 4.79 Å². The lowest BCUT2D eigenvalue weighted by atomic mass is 10.1. The molecule has 23 heavy (non-hydrogen) atoms. The minimum Gasteiger partial charge on any atom is -0.362 e. The Bertz CT molecular complexity index is 794. The zero-order chi connectivity index (χ0) is 16.1. The first kappa shape index (κ1) is 15.1. The van der Waals surface area contributed by atoms with Crippen LogP contribution in [0.2, 0.25) is 0 Å². The number of anilines is 2. The summed E-state index contributed by atoms with van der Waals surface area (Å²) in [5.74, 6) is -0.00736. The molecule has 1 N–H and O–H groups in total. The van der Waals surface area contributed by atoms with Gasteiger partial charge in [0, 0.05) is 23.3 Å². The monoisotopic (exact) mass is 304 g/mol. The normalized spacial score (nSPS) is 10.5. The number of nitrogens with zero attached hydrogens (tertiary/aromatic N) is 1. The van der Waals surface area contributed by atoms with Gasteiger partial charge in [0.25, 0.3) is 0 Å². The molecule has 0 spiro atoms. The SMILES string of the molecule is CCN(CC(=O)Nc1cccc2ccccc12)c1ccccc1. The molecule has 0 saturated carbocycles. The summed E-state index contributed by atoms with van der Waals surface area (Å²) in [6.45, 7) is 3.18. The van der Waals surface area contributed by atoms with E-state index in [0.29, 0.717) is 6.54 Å². The molecule has 3 nitrogen and oxygen atoms in total. The van der Waals surface area contributed by atoms with Crippen molar-refractivity contribution >= 4 is 28.1 Å². The summed E-state index contributed by atoms with van der Waals surface area (Å²) in [6, 6.07) is 24.0. The molecule has 3 aromatic carbocycles. The van der Waals surface area contributed by atoms with Gasteiger partial charge in [0.15, 0.2) is 0 Å². The van der Waals surface area contributed by atoms with Crippen LogP contribution in [0.1, 0.15) is 6.92 Å². The van der Waals surface area contributed by atoms with Crippen LogP contribution in [0.15, 0.2) is 72.8 Å². The number of benzene rings is 3. The molecule has 0 aliphatic heterocycles. The van der Waals surface area contributed by atoms with E-state index in [2.05, 4.69) is 17.1 Å². The second kappa shape index (κ2) is 6.97. The van der Waals surface area contributed by atoms with Crippen molar-refractivity contribution in [2.24, 2.45) is 0 Å². The number of carbonyl (C=O) groups is 1. The highest BCUT2D eigenvalue weighted by molar-refractivity contribution is 6.03. The molecule has 0 saturated heterocycles. The van der Waals surface area contributed by atoms with Gasteiger partial charge in [0.05, 0.1) is 6.54 Å². The third kappa shape index (κ3) is 3.51. The van der Waals surface area contributed by atoms with Crippen molar-refractivity contribution in [3.8, 4) is 0 Å². The number of para-hydroxylation sites is 1. The molecule has 116 valence electrons. The second-order valence-electron chi connectivity index (χ2n) is 5.42. The quantitative estimate of drug-likeness (QED) is 0.762. The van der Waals surface area contributed by atoms with E-state index in [1.807, 2.05) is 72.8 Å². The molecule has 1 amide bonds. The van der Waals surface area contributed by atoms with Crippen molar-refractivity contribution in [1.29, 1.82) is 0 Å². The minimum atomic E-state index is -0.00736. The summed E-state index contributed by atoms with van der Waals surface area (Å²) in [5, 5.41) is 5.23. The average Bonchev–Trinajstić information content (AvgIpc) is 2.61. The molecular weight excluding hydrogens is 284 g/mol. The Balaban J connectivity index is 1.76. The highest BCUT2D eigenvalue weighted by Gasteiger charge is 2.11. The lowest BCUT2D eigenvalue weighted by Gasteiger charge is -2.22. The molecule has 0 aliphatic rings. The minimum absolute atomic E-state index is 0.00736. The first-order valence-corrected chi connectivity index (χ1v) is 7.85. The number of fused-ring (bicyclic) bond motifs is 1. The van der Waals surface area contributed by atoms with Gasteiger partial charge in [-0.15, -0.1) is 0 Å². The summed E-state index contributed by atoms with van der Waals surface area (Å²) in [5.41, 5.74) is 1.92. The van der Waals surface area contributed by atoms with Crippen LogP contribution in [-0.4, -0.2) is 19.0 Å². The van der Waals surface area contributed by atoms with Gasteiger partial charge < -0.3 is 10.2 Å². The maximum Gasteiger partial charge on any atom is 0.243 e. The van der Waals surface area contributed by atoms with E-state index in [4.69, 9.17) is 0 Å². The fourth-order valence-electron chi connectivity index (χ4n) is 2.72. The fraction of sp³-hybridized carbons (Fsp3) is 0.150. The molecular formula is C20H20N2O. The molecule has 0 bridgehead atoms. The Kier molecular flexibility index (Phi) is 4.57. The molecule has 0 unspecified atom stereocenters. The molecule has 3 heteroatoms. The molecule has 0 radical (unpaired) electrons. The molecule has 0 fully saturated rings. The van der Waals surface area contributed by atoms with Crippen molar-refractivity contribution in [3.05, 3.63) is 72.8 Å². The second-order valence-corrected chi connectivity index (χ2v) is 5.42. The number of carbonyl (C=O) groups excluding carboxylic acids is 1. The first-order chi connectivity index (χ1) is 11.3. The van der Waals surface area contributed by atoms with Crippen LogP contribution in [0, 0.1) is 0 Å². The van der Waals surface area contributed by atoms with Crippen LogP contribution in [0.5, 0.6) is 0 Å². The van der Waals surface area contributed by atoms with Crippen LogP contribution in [0.25, 0.3) is 10.8 Å². The van der Waals surface area contributed by atoms with Crippen molar-refractivity contribution in [2.45, 2.75) is 6.92 Å². The van der Waals surface area contributed by atoms with Crippen molar-refractivity contribution in [2.75, 3.05) is 23.3 Å². The van der Waals surface area contributed by atoms with E-state index in [0.717, 1.165) is 28.7 Å². The predicted molar refractivity (Wildman–Crippen MR) is 96.9 cm³/mol. The molecule has 0 aromatic heterocycles. The highest BCUT2D eigenvalue weighted by Crippen LogP contribution is 2.23. The molecule has 0 aliphatic carbocycles. The molecule has 0 atom stereocenters. The van der Waals surface area contributed by atoms with Crippen molar-refractivity contribution in [1.82, 2.24) is 0 Å². The van der Waals surface area contributed by atoms with Gasteiger partial charge in [0.1, 0.15) is 0 Å². The average molecular weight is 304 g/mol. The van der Waals surface area contributed by atoms with E-state index in [9.17, 15) is 4.79 Å². The van der Waals surface area contributed by atoms with Gasteiger partial charge in [0.2, 0.25) is 5.91 Å². The van der Waals surface area contributed by atoms with Crippen LogP contribution in [0.3, 0.4) is 0 Å². The molecule has 3 rings (SSSR count). The topological polar surface area (TPSA) is 32.3 Å². The smallest absolute Gasteiger partial charge is 0.243 e. The van der Waals surface area contributed by atoms with Gasteiger partial charge in [-0.3, -0.25) is 4.79 Å². The van der Waals surface area contributed by atoms with Gasteiger partial charge in [-0.05, 0) is 30.5 Å². The third-order valence-electron chi connectivity index (χ3n) is 3.90. The summed E-state index contributed by atoms with van der Waals surface area (Å²) < 4.78 is 0. The maximum absolute atomic E-state index is 12.4. The van der Waals surface area contributed by atoms with E-state index < -0.39 is 0 Å². The number of likely N-dealkylation sites (N-methyl/N-ethyl adjacent to an activating group) is 1. The van der Waals surface area contributed by atoms with Gasteiger partial charge in [-0.2, -0.15) is 0 Å².